The minimum absolute atomic E-state index is 0.0430. The lowest BCUT2D eigenvalue weighted by Gasteiger charge is -2.38. The number of esters is 1. The summed E-state index contributed by atoms with van der Waals surface area (Å²) in [6.45, 7) is 12.9. The van der Waals surface area contributed by atoms with Gasteiger partial charge >= 0.3 is 17.7 Å². The van der Waals surface area contributed by atoms with Gasteiger partial charge in [0.15, 0.2) is 17.3 Å². The van der Waals surface area contributed by atoms with Crippen LogP contribution in [-0.2, 0) is 23.8 Å². The molecule has 3 fully saturated rings. The van der Waals surface area contributed by atoms with E-state index < -0.39 is 140 Å². The number of hydrazone groups is 1. The van der Waals surface area contributed by atoms with E-state index in [4.69, 9.17) is 28.8 Å². The van der Waals surface area contributed by atoms with Gasteiger partial charge in [0, 0.05) is 93.6 Å². The predicted octanol–water partition coefficient (Wildman–Crippen LogP) is 6.08. The lowest BCUT2D eigenvalue weighted by molar-refractivity contribution is -0.160. The smallest absolute Gasteiger partial charge is 0.341 e. The number of Topliss-reactive ketones (excluding diaryl/α,β-unsaturated/α-hetero) is 3. The van der Waals surface area contributed by atoms with E-state index in [0.29, 0.717) is 25.9 Å². The first-order chi connectivity index (χ1) is 38.3. The Bertz CT molecular complexity index is 3380. The maximum Gasteiger partial charge on any atom is 0.341 e. The van der Waals surface area contributed by atoms with Gasteiger partial charge in [0.1, 0.15) is 34.6 Å². The van der Waals surface area contributed by atoms with Crippen LogP contribution in [0.5, 0.6) is 17.2 Å². The number of aromatic hydroxyl groups is 1. The number of carboxylic acids is 1. The molecule has 22 heteroatoms. The summed E-state index contributed by atoms with van der Waals surface area (Å²) in [7, 11) is 2.76. The molecule has 1 amide bonds. The molecule has 21 nitrogen and oxygen atoms in total. The van der Waals surface area contributed by atoms with E-state index >= 15 is 14.0 Å². The fourth-order valence-corrected chi connectivity index (χ4v) is 12.2. The van der Waals surface area contributed by atoms with Crippen LogP contribution >= 0.6 is 0 Å². The van der Waals surface area contributed by atoms with Gasteiger partial charge in [-0.1, -0.05) is 45.9 Å². The van der Waals surface area contributed by atoms with Gasteiger partial charge in [-0.3, -0.25) is 33.8 Å². The molecule has 0 radical (unpaired) electrons. The van der Waals surface area contributed by atoms with Crippen LogP contribution in [0, 0.1) is 42.3 Å². The van der Waals surface area contributed by atoms with Crippen molar-refractivity contribution in [1.29, 1.82) is 0 Å². The monoisotopic (exact) mass is 1120 g/mol. The van der Waals surface area contributed by atoms with E-state index in [0.717, 1.165) is 31.4 Å². The third kappa shape index (κ3) is 10.3. The summed E-state index contributed by atoms with van der Waals surface area (Å²) in [5.74, 6) is -12.6. The second-order valence-corrected chi connectivity index (χ2v) is 22.3. The highest BCUT2D eigenvalue weighted by molar-refractivity contribution is 6.38. The Kier molecular flexibility index (Phi) is 16.0. The van der Waals surface area contributed by atoms with Crippen molar-refractivity contribution in [3.63, 3.8) is 0 Å². The van der Waals surface area contributed by atoms with Crippen LogP contribution in [0.4, 0.5) is 10.1 Å². The Morgan fingerprint density at radius 1 is 0.938 bits per heavy atom. The normalized spacial score (nSPS) is 30.7. The second-order valence-electron chi connectivity index (χ2n) is 22.3. The number of nitrogens with one attached hydrogen (secondary N) is 1. The molecule has 7 aliphatic rings. The van der Waals surface area contributed by atoms with Gasteiger partial charge < -0.3 is 58.9 Å². The van der Waals surface area contributed by atoms with Crippen LogP contribution < -0.4 is 25.1 Å². The number of carbonyl (C=O) groups is 6. The van der Waals surface area contributed by atoms with Crippen LogP contribution in [0.3, 0.4) is 0 Å². The Hall–Kier alpha value is -7.69. The Morgan fingerprint density at radius 3 is 2.31 bits per heavy atom. The number of ketones is 3. The highest BCUT2D eigenvalue weighted by Gasteiger charge is 2.53. The number of phenols is 1. The molecule has 2 aliphatic carbocycles. The first-order valence-electron chi connectivity index (χ1n) is 27.1. The number of aromatic carboxylic acids is 1. The number of rotatable bonds is 8. The number of methoxy groups -OCH3 is 2. The maximum absolute atomic E-state index is 16.6. The summed E-state index contributed by atoms with van der Waals surface area (Å²) in [6, 6.07) is 0.498. The third-order valence-electron chi connectivity index (χ3n) is 17.0. The predicted molar refractivity (Wildman–Crippen MR) is 292 cm³/mol. The second kappa shape index (κ2) is 22.3. The fraction of sp³-hybridized carbons (Fsp3) is 0.492. The van der Waals surface area contributed by atoms with Gasteiger partial charge in [0.25, 0.3) is 11.7 Å². The number of benzene rings is 2. The molecule has 81 heavy (non-hydrogen) atoms. The molecule has 5 N–H and O–H groups in total. The summed E-state index contributed by atoms with van der Waals surface area (Å²) in [5.41, 5.74) is -3.49. The Labute approximate surface area is 466 Å². The number of carboxylic acid groups (broad SMARTS) is 1. The van der Waals surface area contributed by atoms with E-state index in [2.05, 4.69) is 5.32 Å². The molecule has 11 atom stereocenters. The molecule has 5 bridgehead atoms. The third-order valence-corrected chi connectivity index (χ3v) is 17.0. The summed E-state index contributed by atoms with van der Waals surface area (Å²) in [4.78, 5) is 99.2. The van der Waals surface area contributed by atoms with Crippen LogP contribution in [0.2, 0.25) is 0 Å². The zero-order valence-electron chi connectivity index (χ0n) is 46.8. The molecule has 6 heterocycles. The number of phenolic OH excluding ortho intramolecular Hbond substituents is 1. The SMILES string of the molecule is COc1c(N2CC3CCCN(/N=C/C4=C5NC(=O)/C(C)=C\C=C\[C@H](C)[C@H](O)[C@@H](C)[C@@H](O)[C@@H](C)[C@H](OC(C)=O)[C@H](C)[C@@H](OC)/C=C/O[C@@]6(C)Oc7c(C)c(O)c(c(c7C6=O)C4=O)C5=O)C3C2)c(F)cc2c(=O)c(C(=O)O)cn(C3CC3)c12. The van der Waals surface area contributed by atoms with Gasteiger partial charge in [0.2, 0.25) is 11.2 Å². The Morgan fingerprint density at radius 2 is 1.65 bits per heavy atom. The number of carbonyl (C=O) groups excluding carboxylic acids is 5. The first kappa shape index (κ1) is 58.0. The van der Waals surface area contributed by atoms with Crippen molar-refractivity contribution >= 4 is 58.0 Å². The quantitative estimate of drug-likeness (QED) is 0.126. The van der Waals surface area contributed by atoms with Crippen LogP contribution in [0.1, 0.15) is 127 Å². The van der Waals surface area contributed by atoms with Gasteiger partial charge in [-0.25, -0.2) is 9.18 Å². The van der Waals surface area contributed by atoms with Crippen LogP contribution in [0.25, 0.3) is 10.9 Å². The number of hydrogen-bond donors (Lipinski definition) is 5. The topological polar surface area (TPSA) is 282 Å². The lowest BCUT2D eigenvalue weighted by atomic mass is 9.78. The van der Waals surface area contributed by atoms with Gasteiger partial charge in [-0.15, -0.1) is 0 Å². The number of nitrogens with zero attached hydrogens (tertiary/aromatic N) is 4. The minimum atomic E-state index is -2.20. The molecule has 432 valence electrons. The molecule has 2 aromatic carbocycles. The van der Waals surface area contributed by atoms with E-state index in [-0.39, 0.29) is 63.3 Å². The lowest BCUT2D eigenvalue weighted by Crippen LogP contribution is -2.46. The number of aliphatic hydroxyl groups is 2. The van der Waals surface area contributed by atoms with Crippen molar-refractivity contribution in [3.05, 3.63) is 104 Å². The molecular weight excluding hydrogens is 1050 g/mol. The number of aromatic nitrogens is 1. The maximum atomic E-state index is 16.6. The molecule has 5 aliphatic heterocycles. The molecule has 2 unspecified atom stereocenters. The number of halogens is 1. The minimum Gasteiger partial charge on any atom is -0.507 e. The number of piperidine rings is 1. The number of hydrogen-bond acceptors (Lipinski definition) is 18. The standard InChI is InChI=1S/C59H68FN5O16/c1-26-13-11-14-27(2)57(74)62-44-36(22-61-65-19-12-15-33-23-63(25-39(33)65)46-38(60)21-35-45(55(46)78-10)64(34-16-17-34)24-37(50(35)70)58(75)76)51(71)41-42(52(44)72)49(69)31(6)54-43(41)56(73)59(8,81-54)79-20-18-40(77-9)28(3)53(80-32(7)66)30(5)48(68)29(4)47(26)67/h11,13-14,18,20-22,24,26,28-30,33-34,39-40,47-48,53,67-69H,12,15-17,19,23,25H2,1-10H3,(H,62,74)(H,75,76)/b13-11+,20-18+,27-14-,61-22+/t26-,28+,29+,30+,33?,39?,40-,47-,48+,53+,59-/m0/s1. The first-order valence-corrected chi connectivity index (χ1v) is 27.1. The Balaban J connectivity index is 1.11. The number of aliphatic hydroxyl groups excluding tert-OH is 2. The molecule has 10 rings (SSSR count). The number of ether oxygens (including phenoxy) is 5. The summed E-state index contributed by atoms with van der Waals surface area (Å²) < 4.78 is 47.9. The van der Waals surface area contributed by atoms with E-state index in [1.54, 1.807) is 48.2 Å². The van der Waals surface area contributed by atoms with Crippen molar-refractivity contribution in [2.75, 3.05) is 38.8 Å². The van der Waals surface area contributed by atoms with Crippen molar-refractivity contribution < 1.29 is 77.3 Å². The molecule has 0 spiro atoms. The van der Waals surface area contributed by atoms with Crippen molar-refractivity contribution in [1.82, 2.24) is 14.9 Å². The highest BCUT2D eigenvalue weighted by Crippen LogP contribution is 2.50. The van der Waals surface area contributed by atoms with Crippen LogP contribution in [0.15, 0.2) is 69.6 Å². The summed E-state index contributed by atoms with van der Waals surface area (Å²) in [5, 5.41) is 53.8. The van der Waals surface area contributed by atoms with E-state index in [9.17, 15) is 44.4 Å². The number of pyridine rings is 1. The van der Waals surface area contributed by atoms with Crippen molar-refractivity contribution in [2.24, 2.45) is 34.7 Å². The van der Waals surface area contributed by atoms with E-state index in [1.165, 1.54) is 66.3 Å². The number of amides is 1. The fourth-order valence-electron chi connectivity index (χ4n) is 12.2. The molecule has 1 saturated carbocycles. The average Bonchev–Trinajstić information content (AvgIpc) is 4.04. The zero-order valence-corrected chi connectivity index (χ0v) is 46.8. The molecule has 1 aromatic heterocycles. The average molecular weight is 1120 g/mol. The molecular formula is C59H68FN5O16. The largest absolute Gasteiger partial charge is 0.507 e. The molecule has 3 aromatic rings. The zero-order chi connectivity index (χ0) is 58.8. The van der Waals surface area contributed by atoms with Gasteiger partial charge in [-0.05, 0) is 51.7 Å². The highest BCUT2D eigenvalue weighted by atomic mass is 19.1. The van der Waals surface area contributed by atoms with Gasteiger partial charge in [0.05, 0.1) is 77.1 Å². The number of anilines is 1. The van der Waals surface area contributed by atoms with Crippen LogP contribution in [-0.4, -0.2) is 142 Å². The van der Waals surface area contributed by atoms with Gasteiger partial charge in [-0.2, -0.15) is 5.10 Å². The summed E-state index contributed by atoms with van der Waals surface area (Å²) in [6.07, 6.45) is 8.09. The van der Waals surface area contributed by atoms with Crippen molar-refractivity contribution in [2.45, 2.75) is 123 Å². The number of allylic oxidation sites excluding steroid dienone is 4. The van der Waals surface area contributed by atoms with Crippen molar-refractivity contribution in [3.8, 4) is 17.2 Å². The molecule has 2 saturated heterocycles. The summed E-state index contributed by atoms with van der Waals surface area (Å²) >= 11 is 0. The number of fused-ring (bicyclic) bond motifs is 16. The van der Waals surface area contributed by atoms with E-state index in [1.807, 2.05) is 0 Å².